The Morgan fingerprint density at radius 2 is 2.18 bits per heavy atom. The molecule has 0 saturated heterocycles. The van der Waals surface area contributed by atoms with Crippen LogP contribution in [0.5, 0.6) is 0 Å². The molecule has 0 spiro atoms. The number of nitro groups is 1. The van der Waals surface area contributed by atoms with Crippen molar-refractivity contribution in [2.45, 2.75) is 0 Å². The van der Waals surface area contributed by atoms with Crippen LogP contribution in [0.25, 0.3) is 0 Å². The summed E-state index contributed by atoms with van der Waals surface area (Å²) in [5.41, 5.74) is -0.470. The van der Waals surface area contributed by atoms with Crippen molar-refractivity contribution < 1.29 is 13.3 Å². The highest BCUT2D eigenvalue weighted by atomic mass is 35.5. The van der Waals surface area contributed by atoms with Crippen LogP contribution in [0.4, 0.5) is 11.5 Å². The van der Waals surface area contributed by atoms with Gasteiger partial charge < -0.3 is 5.32 Å². The van der Waals surface area contributed by atoms with Gasteiger partial charge in [0.2, 0.25) is 11.0 Å². The Balaban J connectivity index is 2.85. The van der Waals surface area contributed by atoms with E-state index in [-0.39, 0.29) is 23.3 Å². The van der Waals surface area contributed by atoms with Crippen LogP contribution in [-0.4, -0.2) is 41.9 Å². The van der Waals surface area contributed by atoms with Crippen molar-refractivity contribution in [2.75, 3.05) is 23.9 Å². The van der Waals surface area contributed by atoms with Crippen LogP contribution in [0.2, 0.25) is 5.15 Å². The van der Waals surface area contributed by atoms with E-state index < -0.39 is 20.4 Å². The summed E-state index contributed by atoms with van der Waals surface area (Å²) in [6.45, 7) is 0.00696. The second kappa shape index (κ2) is 5.23. The normalized spacial score (nSPS) is 11.2. The predicted octanol–water partition coefficient (Wildman–Crippen LogP) is 0.495. The molecule has 0 fully saturated rings. The third-order valence-corrected chi connectivity index (χ3v) is 2.95. The first-order valence-electron chi connectivity index (χ1n) is 4.38. The lowest BCUT2D eigenvalue weighted by Crippen LogP contribution is -2.15. The van der Waals surface area contributed by atoms with Crippen LogP contribution in [0, 0.1) is 10.1 Å². The molecule has 0 bridgehead atoms. The Morgan fingerprint density at radius 1 is 1.53 bits per heavy atom. The summed E-state index contributed by atoms with van der Waals surface area (Å²) in [7, 11) is -3.15. The summed E-state index contributed by atoms with van der Waals surface area (Å²) in [5, 5.41) is 12.9. The zero-order valence-corrected chi connectivity index (χ0v) is 10.3. The van der Waals surface area contributed by atoms with Gasteiger partial charge in [0.1, 0.15) is 16.2 Å². The lowest BCUT2D eigenvalue weighted by atomic mass is 10.5. The summed E-state index contributed by atoms with van der Waals surface area (Å²) in [6, 6.07) is 0. The summed E-state index contributed by atoms with van der Waals surface area (Å²) < 4.78 is 21.7. The lowest BCUT2D eigenvalue weighted by molar-refractivity contribution is -0.384. The maximum Gasteiger partial charge on any atom is 0.348 e. The van der Waals surface area contributed by atoms with Crippen LogP contribution in [0.1, 0.15) is 0 Å². The quantitative estimate of drug-likeness (QED) is 0.474. The third kappa shape index (κ3) is 4.11. The largest absolute Gasteiger partial charge is 0.363 e. The molecule has 1 heterocycles. The van der Waals surface area contributed by atoms with Crippen molar-refractivity contribution >= 4 is 32.9 Å². The van der Waals surface area contributed by atoms with E-state index in [4.69, 9.17) is 11.6 Å². The number of hydrogen-bond donors (Lipinski definition) is 1. The van der Waals surface area contributed by atoms with E-state index in [2.05, 4.69) is 15.3 Å². The predicted molar refractivity (Wildman–Crippen MR) is 61.9 cm³/mol. The van der Waals surface area contributed by atoms with Crippen molar-refractivity contribution in [3.8, 4) is 0 Å². The minimum Gasteiger partial charge on any atom is -0.363 e. The fourth-order valence-corrected chi connectivity index (χ4v) is 1.68. The van der Waals surface area contributed by atoms with Gasteiger partial charge in [-0.05, 0) is 0 Å². The molecule has 0 amide bonds. The highest BCUT2D eigenvalue weighted by Crippen LogP contribution is 2.27. The molecule has 0 unspecified atom stereocenters. The fourth-order valence-electron chi connectivity index (χ4n) is 1.00. The van der Waals surface area contributed by atoms with Crippen molar-refractivity contribution in [1.82, 2.24) is 9.97 Å². The molecule has 10 heteroatoms. The number of nitrogens with one attached hydrogen (secondary N) is 1. The molecule has 0 aliphatic rings. The molecule has 1 aromatic rings. The first-order valence-corrected chi connectivity index (χ1v) is 6.81. The van der Waals surface area contributed by atoms with Crippen molar-refractivity contribution in [2.24, 2.45) is 0 Å². The molecule has 0 saturated carbocycles. The fraction of sp³-hybridized carbons (Fsp3) is 0.429. The molecule has 1 rings (SSSR count). The minimum atomic E-state index is -3.15. The lowest BCUT2D eigenvalue weighted by Gasteiger charge is -2.05. The highest BCUT2D eigenvalue weighted by Gasteiger charge is 2.21. The summed E-state index contributed by atoms with van der Waals surface area (Å²) in [5.74, 6) is -0.259. The van der Waals surface area contributed by atoms with Gasteiger partial charge in [-0.3, -0.25) is 10.1 Å². The molecule has 1 aromatic heterocycles. The molecule has 0 aliphatic carbocycles. The molecule has 0 atom stereocenters. The van der Waals surface area contributed by atoms with E-state index in [1.165, 1.54) is 0 Å². The zero-order valence-electron chi connectivity index (χ0n) is 8.75. The Labute approximate surface area is 102 Å². The number of halogens is 1. The number of sulfone groups is 1. The molecule has 0 aromatic carbocycles. The van der Waals surface area contributed by atoms with Crippen LogP contribution < -0.4 is 5.32 Å². The van der Waals surface area contributed by atoms with E-state index in [9.17, 15) is 18.5 Å². The number of hydrogen-bond acceptors (Lipinski definition) is 7. The topological polar surface area (TPSA) is 115 Å². The average molecular weight is 281 g/mol. The highest BCUT2D eigenvalue weighted by molar-refractivity contribution is 7.90. The van der Waals surface area contributed by atoms with E-state index >= 15 is 0 Å². The van der Waals surface area contributed by atoms with Crippen LogP contribution in [0.3, 0.4) is 0 Å². The van der Waals surface area contributed by atoms with Crippen molar-refractivity contribution in [1.29, 1.82) is 0 Å². The Kier molecular flexibility index (Phi) is 4.18. The molecule has 1 N–H and O–H groups in total. The number of aromatic nitrogens is 2. The molecule has 0 radical (unpaired) electrons. The van der Waals surface area contributed by atoms with Gasteiger partial charge in [-0.15, -0.1) is 0 Å². The van der Waals surface area contributed by atoms with E-state index in [0.717, 1.165) is 12.6 Å². The Bertz CT molecular complexity index is 533. The second-order valence-corrected chi connectivity index (χ2v) is 5.79. The van der Waals surface area contributed by atoms with Gasteiger partial charge in [-0.2, -0.15) is 0 Å². The van der Waals surface area contributed by atoms with E-state index in [1.807, 2.05) is 0 Å². The van der Waals surface area contributed by atoms with Gasteiger partial charge in [-0.25, -0.2) is 18.4 Å². The molecule has 94 valence electrons. The van der Waals surface area contributed by atoms with Gasteiger partial charge >= 0.3 is 5.69 Å². The summed E-state index contributed by atoms with van der Waals surface area (Å²) in [6.07, 6.45) is 2.12. The van der Waals surface area contributed by atoms with Crippen molar-refractivity contribution in [3.05, 3.63) is 21.6 Å². The monoisotopic (exact) mass is 280 g/mol. The molecular formula is C7H9ClN4O4S. The van der Waals surface area contributed by atoms with Gasteiger partial charge in [-0.1, -0.05) is 11.6 Å². The molecule has 0 aliphatic heterocycles. The van der Waals surface area contributed by atoms with Crippen LogP contribution in [0.15, 0.2) is 6.33 Å². The SMILES string of the molecule is CS(=O)(=O)CCNc1ncnc(Cl)c1[N+](=O)[O-]. The summed E-state index contributed by atoms with van der Waals surface area (Å²) in [4.78, 5) is 17.1. The van der Waals surface area contributed by atoms with Gasteiger partial charge in [0.05, 0.1) is 10.7 Å². The Hall–Kier alpha value is -1.48. The van der Waals surface area contributed by atoms with E-state index in [1.54, 1.807) is 0 Å². The molecule has 8 nitrogen and oxygen atoms in total. The molecule has 17 heavy (non-hydrogen) atoms. The smallest absolute Gasteiger partial charge is 0.348 e. The van der Waals surface area contributed by atoms with Gasteiger partial charge in [0.25, 0.3) is 0 Å². The third-order valence-electron chi connectivity index (χ3n) is 1.73. The number of anilines is 1. The second-order valence-electron chi connectivity index (χ2n) is 3.18. The van der Waals surface area contributed by atoms with Gasteiger partial charge in [0, 0.05) is 12.8 Å². The van der Waals surface area contributed by atoms with Crippen LogP contribution in [-0.2, 0) is 9.84 Å². The minimum absolute atomic E-state index is 0.00696. The van der Waals surface area contributed by atoms with Gasteiger partial charge in [0.15, 0.2) is 0 Å². The first-order chi connectivity index (χ1) is 7.81. The number of nitrogens with zero attached hydrogens (tertiary/aromatic N) is 3. The first kappa shape index (κ1) is 13.6. The zero-order chi connectivity index (χ0) is 13.1. The standard InChI is InChI=1S/C7H9ClN4O4S/c1-17(15,16)3-2-9-7-5(12(13)14)6(8)10-4-11-7/h4H,2-3H2,1H3,(H,9,10,11). The molecular weight excluding hydrogens is 272 g/mol. The van der Waals surface area contributed by atoms with Crippen LogP contribution >= 0.6 is 11.6 Å². The van der Waals surface area contributed by atoms with Crippen molar-refractivity contribution in [3.63, 3.8) is 0 Å². The maximum absolute atomic E-state index is 10.9. The average Bonchev–Trinajstić information content (AvgIpc) is 2.14. The number of rotatable bonds is 5. The maximum atomic E-state index is 10.9. The Morgan fingerprint density at radius 3 is 2.71 bits per heavy atom. The van der Waals surface area contributed by atoms with E-state index in [0.29, 0.717) is 0 Å². The summed E-state index contributed by atoms with van der Waals surface area (Å²) >= 11 is 5.54.